The average molecular weight is 579 g/mol. The Kier molecular flexibility index (Phi) is 7.61. The van der Waals surface area contributed by atoms with E-state index in [0.29, 0.717) is 0 Å². The van der Waals surface area contributed by atoms with Gasteiger partial charge in [-0.2, -0.15) is 0 Å². The smallest absolute Gasteiger partial charge is 0.478 e. The molecule has 0 aliphatic heterocycles. The standard InChI is InChI=1S/C27H22ClF3N2O5S/c1-26(2,3)15-6-8-16(9-7-15)33(39(36)37)20-12-13-21(38-27(29,30)31)23(28)22(20)17-10-11-19(25(34)35)24-18(17)5-4-14-32-24/h4-14H,1-3H3,(H,34,35)(H,36,37). The van der Waals surface area contributed by atoms with Crippen LogP contribution in [0.5, 0.6) is 5.75 Å². The molecule has 0 aliphatic rings. The fourth-order valence-corrected chi connectivity index (χ4v) is 5.07. The highest BCUT2D eigenvalue weighted by Gasteiger charge is 2.34. The number of aromatic nitrogens is 1. The van der Waals surface area contributed by atoms with Crippen LogP contribution in [0.2, 0.25) is 5.02 Å². The molecule has 1 unspecified atom stereocenters. The number of carboxylic acid groups (broad SMARTS) is 1. The first-order valence-corrected chi connectivity index (χ1v) is 12.8. The van der Waals surface area contributed by atoms with E-state index in [1.165, 1.54) is 36.5 Å². The van der Waals surface area contributed by atoms with Crippen molar-refractivity contribution in [2.75, 3.05) is 4.31 Å². The summed E-state index contributed by atoms with van der Waals surface area (Å²) in [7, 11) is 0. The van der Waals surface area contributed by atoms with Gasteiger partial charge in [0.05, 0.1) is 27.5 Å². The quantitative estimate of drug-likeness (QED) is 0.227. The van der Waals surface area contributed by atoms with Gasteiger partial charge in [-0.25, -0.2) is 13.3 Å². The maximum atomic E-state index is 13.2. The predicted molar refractivity (Wildman–Crippen MR) is 144 cm³/mol. The second kappa shape index (κ2) is 10.5. The Balaban J connectivity index is 2.04. The molecule has 1 heterocycles. The Morgan fingerprint density at radius 2 is 1.69 bits per heavy atom. The molecule has 0 fully saturated rings. The molecule has 0 radical (unpaired) electrons. The van der Waals surface area contributed by atoms with E-state index in [4.69, 9.17) is 11.6 Å². The van der Waals surface area contributed by atoms with E-state index in [1.807, 2.05) is 20.8 Å². The zero-order chi connectivity index (χ0) is 28.7. The molecule has 0 amide bonds. The van der Waals surface area contributed by atoms with Gasteiger partial charge in [-0.05, 0) is 52.9 Å². The van der Waals surface area contributed by atoms with E-state index in [0.717, 1.165) is 15.9 Å². The number of halogens is 4. The van der Waals surface area contributed by atoms with E-state index in [2.05, 4.69) is 9.72 Å². The second-order valence-corrected chi connectivity index (χ2v) is 10.7. The molecule has 4 aromatic rings. The Hall–Kier alpha value is -3.67. The topological polar surface area (TPSA) is 100.0 Å². The highest BCUT2D eigenvalue weighted by Crippen LogP contribution is 2.48. The average Bonchev–Trinajstić information content (AvgIpc) is 2.84. The fraction of sp³-hybridized carbons (Fsp3) is 0.185. The number of pyridine rings is 1. The molecular formula is C27H22ClF3N2O5S. The van der Waals surface area contributed by atoms with Crippen LogP contribution in [0.4, 0.5) is 24.5 Å². The lowest BCUT2D eigenvalue weighted by atomic mass is 9.87. The van der Waals surface area contributed by atoms with Crippen LogP contribution in [0.3, 0.4) is 0 Å². The monoisotopic (exact) mass is 578 g/mol. The van der Waals surface area contributed by atoms with Crippen LogP contribution in [0.25, 0.3) is 22.0 Å². The molecule has 12 heteroatoms. The summed E-state index contributed by atoms with van der Waals surface area (Å²) >= 11 is 3.81. The van der Waals surface area contributed by atoms with Gasteiger partial charge in [-0.3, -0.25) is 9.54 Å². The van der Waals surface area contributed by atoms with Gasteiger partial charge in [-0.15, -0.1) is 13.2 Å². The zero-order valence-electron chi connectivity index (χ0n) is 20.8. The number of carbonyl (C=O) groups is 1. The summed E-state index contributed by atoms with van der Waals surface area (Å²) in [6, 6.07) is 14.6. The predicted octanol–water partition coefficient (Wildman–Crippen LogP) is 7.72. The molecule has 39 heavy (non-hydrogen) atoms. The van der Waals surface area contributed by atoms with Gasteiger partial charge < -0.3 is 9.84 Å². The molecule has 3 aromatic carbocycles. The van der Waals surface area contributed by atoms with Crippen LogP contribution in [0.1, 0.15) is 36.7 Å². The third kappa shape index (κ3) is 5.85. The minimum Gasteiger partial charge on any atom is -0.478 e. The van der Waals surface area contributed by atoms with Gasteiger partial charge >= 0.3 is 12.3 Å². The largest absolute Gasteiger partial charge is 0.573 e. The Bertz CT molecular complexity index is 1590. The second-order valence-electron chi connectivity index (χ2n) is 9.51. The lowest BCUT2D eigenvalue weighted by Gasteiger charge is -2.26. The first-order chi connectivity index (χ1) is 18.2. The number of hydrogen-bond acceptors (Lipinski definition) is 4. The number of benzene rings is 3. The van der Waals surface area contributed by atoms with E-state index in [-0.39, 0.29) is 44.4 Å². The van der Waals surface area contributed by atoms with Crippen LogP contribution in [-0.2, 0) is 16.7 Å². The fourth-order valence-electron chi connectivity index (χ4n) is 4.15. The van der Waals surface area contributed by atoms with Crippen LogP contribution in [0.15, 0.2) is 66.9 Å². The number of nitrogens with zero attached hydrogens (tertiary/aromatic N) is 2. The number of alkyl halides is 3. The maximum Gasteiger partial charge on any atom is 0.573 e. The first kappa shape index (κ1) is 28.3. The highest BCUT2D eigenvalue weighted by molar-refractivity contribution is 7.81. The SMILES string of the molecule is CC(C)(C)c1ccc(N(c2ccc(OC(F)(F)F)c(Cl)c2-c2ccc(C(=O)O)c3ncccc23)S(=O)O)cc1. The summed E-state index contributed by atoms with van der Waals surface area (Å²) < 4.78 is 67.7. The van der Waals surface area contributed by atoms with Crippen molar-refractivity contribution in [3.63, 3.8) is 0 Å². The molecule has 7 nitrogen and oxygen atoms in total. The summed E-state index contributed by atoms with van der Waals surface area (Å²) in [6.07, 6.45) is -3.70. The minimum absolute atomic E-state index is 0.0212. The van der Waals surface area contributed by atoms with Crippen molar-refractivity contribution in [1.82, 2.24) is 4.98 Å². The summed E-state index contributed by atoms with van der Waals surface area (Å²) in [4.78, 5) is 15.9. The van der Waals surface area contributed by atoms with Gasteiger partial charge in [0.2, 0.25) is 0 Å². The summed E-state index contributed by atoms with van der Waals surface area (Å²) in [5.41, 5.74) is 0.983. The van der Waals surface area contributed by atoms with Gasteiger partial charge in [0, 0.05) is 17.1 Å². The van der Waals surface area contributed by atoms with Gasteiger partial charge in [0.15, 0.2) is 0 Å². The normalized spacial score (nSPS) is 12.8. The zero-order valence-corrected chi connectivity index (χ0v) is 22.4. The van der Waals surface area contributed by atoms with Crippen LogP contribution >= 0.6 is 11.6 Å². The summed E-state index contributed by atoms with van der Waals surface area (Å²) in [6.45, 7) is 6.00. The summed E-state index contributed by atoms with van der Waals surface area (Å²) in [5, 5.41) is 9.37. The summed E-state index contributed by atoms with van der Waals surface area (Å²) in [5.74, 6) is -2.00. The Morgan fingerprint density at radius 1 is 1.03 bits per heavy atom. The number of fused-ring (bicyclic) bond motifs is 1. The highest BCUT2D eigenvalue weighted by atomic mass is 35.5. The molecule has 1 aromatic heterocycles. The van der Waals surface area contributed by atoms with E-state index in [1.54, 1.807) is 24.3 Å². The molecular weight excluding hydrogens is 557 g/mol. The van der Waals surface area contributed by atoms with E-state index < -0.39 is 34.4 Å². The molecule has 204 valence electrons. The van der Waals surface area contributed by atoms with Gasteiger partial charge in [0.25, 0.3) is 11.3 Å². The molecule has 0 saturated carbocycles. The van der Waals surface area contributed by atoms with Crippen molar-refractivity contribution >= 4 is 51.1 Å². The third-order valence-electron chi connectivity index (χ3n) is 5.92. The van der Waals surface area contributed by atoms with Crippen molar-refractivity contribution in [1.29, 1.82) is 0 Å². The molecule has 0 aliphatic carbocycles. The number of hydrogen-bond donors (Lipinski definition) is 2. The van der Waals surface area contributed by atoms with E-state index >= 15 is 0 Å². The number of rotatable bonds is 6. The van der Waals surface area contributed by atoms with Gasteiger partial charge in [0.1, 0.15) is 5.75 Å². The van der Waals surface area contributed by atoms with Crippen molar-refractivity contribution in [2.24, 2.45) is 0 Å². The molecule has 2 N–H and O–H groups in total. The molecule has 0 saturated heterocycles. The molecule has 1 atom stereocenters. The van der Waals surface area contributed by atoms with Crippen molar-refractivity contribution in [2.45, 2.75) is 32.5 Å². The van der Waals surface area contributed by atoms with Gasteiger partial charge in [-0.1, -0.05) is 56.6 Å². The molecule has 0 spiro atoms. The molecule has 4 rings (SSSR count). The number of aromatic carboxylic acids is 1. The minimum atomic E-state index is -5.07. The number of ether oxygens (including phenoxy) is 1. The van der Waals surface area contributed by atoms with Crippen LogP contribution in [-0.4, -0.2) is 31.2 Å². The number of anilines is 2. The lowest BCUT2D eigenvalue weighted by Crippen LogP contribution is -2.21. The van der Waals surface area contributed by atoms with Crippen LogP contribution < -0.4 is 9.04 Å². The van der Waals surface area contributed by atoms with E-state index in [9.17, 15) is 31.8 Å². The van der Waals surface area contributed by atoms with Crippen molar-refractivity contribution in [3.8, 4) is 16.9 Å². The third-order valence-corrected chi connectivity index (χ3v) is 7.02. The van der Waals surface area contributed by atoms with Crippen molar-refractivity contribution < 1.29 is 36.6 Å². The molecule has 0 bridgehead atoms. The Labute approximate surface area is 229 Å². The van der Waals surface area contributed by atoms with Crippen LogP contribution in [0, 0.1) is 0 Å². The lowest BCUT2D eigenvalue weighted by molar-refractivity contribution is -0.274. The Morgan fingerprint density at radius 3 is 2.26 bits per heavy atom. The van der Waals surface area contributed by atoms with Crippen molar-refractivity contribution in [3.05, 3.63) is 83.0 Å². The first-order valence-electron chi connectivity index (χ1n) is 11.4. The maximum absolute atomic E-state index is 13.2. The number of carboxylic acids is 1.